The molecular formula is C20H27NO2S. The largest absolute Gasteiger partial charge is 0.396 e. The third-order valence-corrected chi connectivity index (χ3v) is 5.54. The number of hydrogen-bond donors (Lipinski definition) is 2. The Hall–Kier alpha value is -1.49. The fraction of sp³-hybridized carbons (Fsp3) is 0.400. The van der Waals surface area contributed by atoms with Gasteiger partial charge in [0.05, 0.1) is 15.7 Å². The highest BCUT2D eigenvalue weighted by Crippen LogP contribution is 2.23. The van der Waals surface area contributed by atoms with Crippen molar-refractivity contribution in [2.75, 3.05) is 6.61 Å². The van der Waals surface area contributed by atoms with Crippen LogP contribution in [0.3, 0.4) is 0 Å². The van der Waals surface area contributed by atoms with E-state index in [1.54, 1.807) is 0 Å². The minimum absolute atomic E-state index is 0.0360. The first-order valence-electron chi connectivity index (χ1n) is 8.32. The molecule has 0 aromatic heterocycles. The lowest BCUT2D eigenvalue weighted by Crippen LogP contribution is -2.36. The van der Waals surface area contributed by atoms with Gasteiger partial charge in [-0.15, -0.1) is 0 Å². The Labute approximate surface area is 147 Å². The summed E-state index contributed by atoms with van der Waals surface area (Å²) >= 11 is 0. The number of nitrogens with one attached hydrogen (secondary N) is 1. The van der Waals surface area contributed by atoms with Gasteiger partial charge in [-0.1, -0.05) is 54.6 Å². The lowest BCUT2D eigenvalue weighted by molar-refractivity contribution is 0.299. The summed E-state index contributed by atoms with van der Waals surface area (Å²) in [5.41, 5.74) is 3.44. The summed E-state index contributed by atoms with van der Waals surface area (Å²) in [4.78, 5) is 0. The average Bonchev–Trinajstić information content (AvgIpc) is 2.56. The highest BCUT2D eigenvalue weighted by Gasteiger charge is 2.24. The molecule has 0 saturated carbocycles. The van der Waals surface area contributed by atoms with Gasteiger partial charge in [-0.05, 0) is 50.3 Å². The molecule has 2 rings (SSSR count). The highest BCUT2D eigenvalue weighted by atomic mass is 32.2. The van der Waals surface area contributed by atoms with E-state index in [4.69, 9.17) is 0 Å². The predicted octanol–water partition coefficient (Wildman–Crippen LogP) is 3.56. The lowest BCUT2D eigenvalue weighted by Gasteiger charge is -2.25. The van der Waals surface area contributed by atoms with Gasteiger partial charge in [0.15, 0.2) is 0 Å². The van der Waals surface area contributed by atoms with Crippen molar-refractivity contribution in [2.24, 2.45) is 0 Å². The van der Waals surface area contributed by atoms with Crippen LogP contribution in [0.1, 0.15) is 43.5 Å². The van der Waals surface area contributed by atoms with E-state index in [1.807, 2.05) is 57.2 Å². The highest BCUT2D eigenvalue weighted by molar-refractivity contribution is 7.84. The lowest BCUT2D eigenvalue weighted by atomic mass is 9.95. The molecule has 0 aliphatic heterocycles. The number of benzene rings is 2. The smallest absolute Gasteiger partial charge is 0.0976 e. The van der Waals surface area contributed by atoms with E-state index in [0.717, 1.165) is 17.5 Å². The third kappa shape index (κ3) is 5.26. The molecule has 0 amide bonds. The quantitative estimate of drug-likeness (QED) is 0.806. The zero-order chi connectivity index (χ0) is 17.6. The molecule has 0 unspecified atom stereocenters. The molecule has 0 saturated heterocycles. The summed E-state index contributed by atoms with van der Waals surface area (Å²) in [5, 5.41) is 9.28. The van der Waals surface area contributed by atoms with E-state index < -0.39 is 11.0 Å². The number of rotatable bonds is 7. The number of aliphatic hydroxyl groups is 1. The zero-order valence-corrected chi connectivity index (χ0v) is 15.5. The number of hydrogen-bond acceptors (Lipinski definition) is 2. The molecule has 24 heavy (non-hydrogen) atoms. The normalized spacial score (nSPS) is 14.3. The van der Waals surface area contributed by atoms with Crippen LogP contribution in [0.5, 0.6) is 0 Å². The van der Waals surface area contributed by atoms with Crippen molar-refractivity contribution in [3.8, 4) is 0 Å². The van der Waals surface area contributed by atoms with Crippen LogP contribution in [0.15, 0.2) is 54.6 Å². The van der Waals surface area contributed by atoms with Gasteiger partial charge in [-0.2, -0.15) is 0 Å². The van der Waals surface area contributed by atoms with Gasteiger partial charge in [-0.3, -0.25) is 0 Å². The summed E-state index contributed by atoms with van der Waals surface area (Å²) in [6, 6.07) is 18.2. The SMILES string of the molecule is CC(C)(C)[S@@](=O)N[C@H](Cc1ccccc1CCO)c1ccccc1. The van der Waals surface area contributed by atoms with E-state index in [0.29, 0.717) is 6.42 Å². The van der Waals surface area contributed by atoms with Crippen molar-refractivity contribution in [1.29, 1.82) is 0 Å². The minimum Gasteiger partial charge on any atom is -0.396 e. The molecule has 2 atom stereocenters. The molecule has 0 aliphatic carbocycles. The van der Waals surface area contributed by atoms with Crippen molar-refractivity contribution < 1.29 is 9.32 Å². The second-order valence-corrected chi connectivity index (χ2v) is 8.91. The summed E-state index contributed by atoms with van der Waals surface area (Å²) in [6.45, 7) is 6.04. The molecule has 4 heteroatoms. The predicted molar refractivity (Wildman–Crippen MR) is 101 cm³/mol. The van der Waals surface area contributed by atoms with Gasteiger partial charge in [0.1, 0.15) is 0 Å². The summed E-state index contributed by atoms with van der Waals surface area (Å²) < 4.78 is 15.6. The Balaban J connectivity index is 2.29. The van der Waals surface area contributed by atoms with Gasteiger partial charge >= 0.3 is 0 Å². The van der Waals surface area contributed by atoms with Crippen molar-refractivity contribution in [1.82, 2.24) is 4.72 Å². The second kappa shape index (κ2) is 8.56. The third-order valence-electron chi connectivity index (χ3n) is 3.93. The van der Waals surface area contributed by atoms with E-state index in [1.165, 1.54) is 5.56 Å². The van der Waals surface area contributed by atoms with Crippen molar-refractivity contribution in [3.05, 3.63) is 71.3 Å². The molecule has 2 aromatic rings. The van der Waals surface area contributed by atoms with Crippen molar-refractivity contribution in [3.63, 3.8) is 0 Å². The van der Waals surface area contributed by atoms with Crippen LogP contribution >= 0.6 is 0 Å². The fourth-order valence-corrected chi connectivity index (χ4v) is 3.39. The van der Waals surface area contributed by atoms with Gasteiger partial charge in [0, 0.05) is 12.6 Å². The van der Waals surface area contributed by atoms with E-state index in [9.17, 15) is 9.32 Å². The first kappa shape index (κ1) is 18.8. The molecule has 0 fully saturated rings. The Morgan fingerprint density at radius 2 is 1.58 bits per heavy atom. The summed E-state index contributed by atoms with van der Waals surface area (Å²) in [6.07, 6.45) is 1.38. The van der Waals surface area contributed by atoms with Crippen molar-refractivity contribution in [2.45, 2.75) is 44.4 Å². The molecule has 0 aliphatic rings. The molecule has 2 aromatic carbocycles. The van der Waals surface area contributed by atoms with Gasteiger partial charge in [-0.25, -0.2) is 8.93 Å². The first-order chi connectivity index (χ1) is 11.4. The maximum atomic E-state index is 12.6. The van der Waals surface area contributed by atoms with Gasteiger partial charge in [0.25, 0.3) is 0 Å². The van der Waals surface area contributed by atoms with Crippen LogP contribution in [-0.4, -0.2) is 20.7 Å². The molecule has 130 valence electrons. The first-order valence-corrected chi connectivity index (χ1v) is 9.47. The molecule has 0 heterocycles. The molecular weight excluding hydrogens is 318 g/mol. The average molecular weight is 346 g/mol. The van der Waals surface area contributed by atoms with Crippen LogP contribution in [0.2, 0.25) is 0 Å². The molecule has 0 radical (unpaired) electrons. The monoisotopic (exact) mass is 345 g/mol. The second-order valence-electron chi connectivity index (χ2n) is 6.91. The maximum Gasteiger partial charge on any atom is 0.0976 e. The molecule has 2 N–H and O–H groups in total. The zero-order valence-electron chi connectivity index (χ0n) is 14.7. The van der Waals surface area contributed by atoms with Crippen LogP contribution in [0, 0.1) is 0 Å². The summed E-state index contributed by atoms with van der Waals surface area (Å²) in [5.74, 6) is 0. The maximum absolute atomic E-state index is 12.6. The Bertz CT molecular complexity index is 665. The number of aliphatic hydroxyl groups excluding tert-OH is 1. The Morgan fingerprint density at radius 1 is 1.00 bits per heavy atom. The standard InChI is InChI=1S/C20H27NO2S/c1-20(2,3)24(23)21-19(17-10-5-4-6-11-17)15-18-12-8-7-9-16(18)13-14-22/h4-12,19,21-22H,13-15H2,1-3H3/t19-,24-/m1/s1. The van der Waals surface area contributed by atoms with Crippen LogP contribution in [0.25, 0.3) is 0 Å². The van der Waals surface area contributed by atoms with E-state index in [-0.39, 0.29) is 17.4 Å². The molecule has 0 spiro atoms. The molecule has 0 bridgehead atoms. The van der Waals surface area contributed by atoms with Crippen molar-refractivity contribution >= 4 is 11.0 Å². The Morgan fingerprint density at radius 3 is 2.17 bits per heavy atom. The fourth-order valence-electron chi connectivity index (χ4n) is 2.56. The van der Waals surface area contributed by atoms with Crippen LogP contribution in [0.4, 0.5) is 0 Å². The summed E-state index contributed by atoms with van der Waals surface area (Å²) in [7, 11) is -1.15. The van der Waals surface area contributed by atoms with Gasteiger partial charge in [0.2, 0.25) is 0 Å². The van der Waals surface area contributed by atoms with Gasteiger partial charge < -0.3 is 5.11 Å². The Kier molecular flexibility index (Phi) is 6.72. The van der Waals surface area contributed by atoms with Crippen LogP contribution < -0.4 is 4.72 Å². The molecule has 3 nitrogen and oxygen atoms in total. The minimum atomic E-state index is -1.15. The topological polar surface area (TPSA) is 49.3 Å². The van der Waals surface area contributed by atoms with E-state index in [2.05, 4.69) is 22.9 Å². The van der Waals surface area contributed by atoms with E-state index >= 15 is 0 Å². The van der Waals surface area contributed by atoms with Crippen LogP contribution in [-0.2, 0) is 23.8 Å².